The molecule has 120 valence electrons. The smallest absolute Gasteiger partial charge is 0.239 e. The summed E-state index contributed by atoms with van der Waals surface area (Å²) in [5.74, 6) is 0.259. The monoisotopic (exact) mass is 322 g/mol. The highest BCUT2D eigenvalue weighted by atomic mass is 35.5. The minimum absolute atomic E-state index is 0.0137. The van der Waals surface area contributed by atoms with E-state index in [0.717, 1.165) is 49.6 Å². The van der Waals surface area contributed by atoms with Crippen LogP contribution in [0.2, 0.25) is 5.02 Å². The molecule has 0 saturated carbocycles. The number of likely N-dealkylation sites (tertiary alicyclic amines) is 1. The molecule has 0 aromatic heterocycles. The first-order chi connectivity index (χ1) is 10.6. The van der Waals surface area contributed by atoms with Gasteiger partial charge in [-0.25, -0.2) is 0 Å². The van der Waals surface area contributed by atoms with Gasteiger partial charge in [0.2, 0.25) is 5.91 Å². The fourth-order valence-corrected chi connectivity index (χ4v) is 3.38. The average Bonchev–Trinajstić information content (AvgIpc) is 3.09. The van der Waals surface area contributed by atoms with Crippen molar-refractivity contribution in [1.82, 2.24) is 9.80 Å². The molecule has 0 radical (unpaired) electrons. The van der Waals surface area contributed by atoms with E-state index in [1.54, 1.807) is 0 Å². The summed E-state index contributed by atoms with van der Waals surface area (Å²) in [6.45, 7) is 6.06. The molecule has 5 heteroatoms. The maximum atomic E-state index is 12.6. The van der Waals surface area contributed by atoms with Crippen LogP contribution >= 0.6 is 11.6 Å². The van der Waals surface area contributed by atoms with E-state index in [1.807, 2.05) is 36.1 Å². The Bertz CT molecular complexity index is 514. The molecule has 0 N–H and O–H groups in total. The van der Waals surface area contributed by atoms with Crippen molar-refractivity contribution >= 4 is 17.5 Å². The van der Waals surface area contributed by atoms with Crippen molar-refractivity contribution in [3.63, 3.8) is 0 Å². The molecule has 22 heavy (non-hydrogen) atoms. The summed E-state index contributed by atoms with van der Waals surface area (Å²) in [4.78, 5) is 16.8. The van der Waals surface area contributed by atoms with Gasteiger partial charge in [-0.15, -0.1) is 0 Å². The second-order valence-electron chi connectivity index (χ2n) is 6.11. The molecule has 0 aliphatic carbocycles. The van der Waals surface area contributed by atoms with Gasteiger partial charge in [-0.05, 0) is 37.5 Å². The number of hydrogen-bond acceptors (Lipinski definition) is 3. The summed E-state index contributed by atoms with van der Waals surface area (Å²) in [7, 11) is 0. The van der Waals surface area contributed by atoms with Crippen molar-refractivity contribution < 1.29 is 9.53 Å². The lowest BCUT2D eigenvalue weighted by atomic mass is 10.1. The first-order valence-electron chi connectivity index (χ1n) is 8.05. The zero-order chi connectivity index (χ0) is 15.5. The van der Waals surface area contributed by atoms with E-state index in [2.05, 4.69) is 4.90 Å². The second-order valence-corrected chi connectivity index (χ2v) is 6.55. The van der Waals surface area contributed by atoms with E-state index in [1.165, 1.54) is 0 Å². The third-order valence-electron chi connectivity index (χ3n) is 4.66. The van der Waals surface area contributed by atoms with Crippen LogP contribution in [0.3, 0.4) is 0 Å². The van der Waals surface area contributed by atoms with Crippen LogP contribution in [0.25, 0.3) is 0 Å². The topological polar surface area (TPSA) is 32.8 Å². The van der Waals surface area contributed by atoms with Crippen LogP contribution in [0, 0.1) is 0 Å². The first kappa shape index (κ1) is 15.8. The van der Waals surface area contributed by atoms with Gasteiger partial charge in [-0.2, -0.15) is 0 Å². The van der Waals surface area contributed by atoms with Gasteiger partial charge in [0.25, 0.3) is 0 Å². The van der Waals surface area contributed by atoms with Crippen LogP contribution in [0.4, 0.5) is 0 Å². The lowest BCUT2D eigenvalue weighted by Gasteiger charge is -2.37. The Hall–Kier alpha value is -1.10. The third kappa shape index (κ3) is 3.45. The number of nitrogens with zero attached hydrogens (tertiary/aromatic N) is 2. The molecule has 2 heterocycles. The highest BCUT2D eigenvalue weighted by molar-refractivity contribution is 6.30. The number of carbonyl (C=O) groups excluding carboxylic acids is 1. The van der Waals surface area contributed by atoms with Crippen LogP contribution in [0.15, 0.2) is 24.3 Å². The van der Waals surface area contributed by atoms with Crippen LogP contribution in [0.1, 0.15) is 31.4 Å². The molecule has 1 aromatic carbocycles. The Morgan fingerprint density at radius 3 is 2.59 bits per heavy atom. The number of hydrogen-bond donors (Lipinski definition) is 0. The second kappa shape index (κ2) is 6.99. The van der Waals surface area contributed by atoms with Gasteiger partial charge in [-0.3, -0.25) is 9.69 Å². The number of morpholine rings is 1. The fourth-order valence-electron chi connectivity index (χ4n) is 3.26. The maximum absolute atomic E-state index is 12.6. The Balaban J connectivity index is 1.64. The van der Waals surface area contributed by atoms with Gasteiger partial charge in [0, 0.05) is 31.2 Å². The SMILES string of the molecule is C[C@H](C(=O)N1CCCC1)N1CCO[C@H](c2ccc(Cl)cc2)C1. The largest absolute Gasteiger partial charge is 0.371 e. The van der Waals surface area contributed by atoms with Crippen molar-refractivity contribution in [2.24, 2.45) is 0 Å². The third-order valence-corrected chi connectivity index (χ3v) is 4.91. The highest BCUT2D eigenvalue weighted by Gasteiger charge is 2.31. The quantitative estimate of drug-likeness (QED) is 0.858. The molecule has 0 bridgehead atoms. The molecule has 1 aromatic rings. The molecule has 2 saturated heterocycles. The lowest BCUT2D eigenvalue weighted by Crippen LogP contribution is -2.50. The maximum Gasteiger partial charge on any atom is 0.239 e. The van der Waals surface area contributed by atoms with E-state index in [0.29, 0.717) is 6.61 Å². The Morgan fingerprint density at radius 1 is 1.23 bits per heavy atom. The summed E-state index contributed by atoms with van der Waals surface area (Å²) in [5.41, 5.74) is 1.12. The molecular weight excluding hydrogens is 300 g/mol. The Labute approximate surface area is 137 Å². The van der Waals surface area contributed by atoms with E-state index >= 15 is 0 Å². The molecule has 2 aliphatic heterocycles. The summed E-state index contributed by atoms with van der Waals surface area (Å²) >= 11 is 5.94. The molecule has 1 amide bonds. The summed E-state index contributed by atoms with van der Waals surface area (Å²) in [6.07, 6.45) is 2.28. The Morgan fingerprint density at radius 2 is 1.91 bits per heavy atom. The van der Waals surface area contributed by atoms with Gasteiger partial charge in [0.15, 0.2) is 0 Å². The van der Waals surface area contributed by atoms with E-state index < -0.39 is 0 Å². The van der Waals surface area contributed by atoms with Crippen molar-refractivity contribution in [2.45, 2.75) is 31.9 Å². The van der Waals surface area contributed by atoms with Gasteiger partial charge < -0.3 is 9.64 Å². The number of amides is 1. The zero-order valence-electron chi connectivity index (χ0n) is 13.0. The van der Waals surface area contributed by atoms with E-state index in [9.17, 15) is 4.79 Å². The standard InChI is InChI=1S/C17H23ClN2O2/c1-13(17(21)19-8-2-3-9-19)20-10-11-22-16(12-20)14-4-6-15(18)7-5-14/h4-7,13,16H,2-3,8-12H2,1H3/t13-,16+/m1/s1. The van der Waals surface area contributed by atoms with Crippen LogP contribution in [0.5, 0.6) is 0 Å². The van der Waals surface area contributed by atoms with Gasteiger partial charge in [-0.1, -0.05) is 23.7 Å². The molecule has 0 unspecified atom stereocenters. The number of ether oxygens (including phenoxy) is 1. The summed E-state index contributed by atoms with van der Waals surface area (Å²) in [6, 6.07) is 7.71. The van der Waals surface area contributed by atoms with Gasteiger partial charge >= 0.3 is 0 Å². The normalized spacial score (nSPS) is 24.5. The van der Waals surface area contributed by atoms with Crippen LogP contribution in [-0.2, 0) is 9.53 Å². The van der Waals surface area contributed by atoms with Crippen LogP contribution in [-0.4, -0.2) is 54.5 Å². The average molecular weight is 323 g/mol. The zero-order valence-corrected chi connectivity index (χ0v) is 13.8. The molecule has 0 spiro atoms. The first-order valence-corrected chi connectivity index (χ1v) is 8.43. The van der Waals surface area contributed by atoms with Crippen molar-refractivity contribution in [2.75, 3.05) is 32.8 Å². The number of halogens is 1. The van der Waals surface area contributed by atoms with E-state index in [4.69, 9.17) is 16.3 Å². The fraction of sp³-hybridized carbons (Fsp3) is 0.588. The minimum atomic E-state index is -0.0724. The lowest BCUT2D eigenvalue weighted by molar-refractivity contribution is -0.138. The molecule has 3 rings (SSSR count). The van der Waals surface area contributed by atoms with E-state index in [-0.39, 0.29) is 18.1 Å². The Kier molecular flexibility index (Phi) is 5.01. The number of rotatable bonds is 3. The van der Waals surface area contributed by atoms with Crippen molar-refractivity contribution in [3.8, 4) is 0 Å². The van der Waals surface area contributed by atoms with Gasteiger partial charge in [0.05, 0.1) is 18.8 Å². The molecule has 2 aliphatic rings. The van der Waals surface area contributed by atoms with Crippen LogP contribution < -0.4 is 0 Å². The molecule has 2 atom stereocenters. The predicted molar refractivity (Wildman–Crippen MR) is 87.0 cm³/mol. The predicted octanol–water partition coefficient (Wildman–Crippen LogP) is 2.72. The van der Waals surface area contributed by atoms with Crippen molar-refractivity contribution in [1.29, 1.82) is 0 Å². The molecule has 4 nitrogen and oxygen atoms in total. The highest BCUT2D eigenvalue weighted by Crippen LogP contribution is 2.25. The number of benzene rings is 1. The van der Waals surface area contributed by atoms with Gasteiger partial charge in [0.1, 0.15) is 0 Å². The summed E-state index contributed by atoms with van der Waals surface area (Å²) in [5, 5.41) is 0.731. The molecule has 2 fully saturated rings. The van der Waals surface area contributed by atoms with Crippen molar-refractivity contribution in [3.05, 3.63) is 34.9 Å². The molecular formula is C17H23ClN2O2. The minimum Gasteiger partial charge on any atom is -0.371 e. The number of carbonyl (C=O) groups is 1. The summed E-state index contributed by atoms with van der Waals surface area (Å²) < 4.78 is 5.88.